The van der Waals surface area contributed by atoms with Gasteiger partial charge in [-0.2, -0.15) is 0 Å². The molecule has 0 aliphatic carbocycles. The number of aromatic hydroxyl groups is 1. The zero-order valence-corrected chi connectivity index (χ0v) is 9.40. The van der Waals surface area contributed by atoms with E-state index in [2.05, 4.69) is 29.3 Å². The lowest BCUT2D eigenvalue weighted by atomic mass is 10.3. The molecule has 0 unspecified atom stereocenters. The number of pyridine rings is 1. The average molecular weight is 209 g/mol. The quantitative estimate of drug-likeness (QED) is 0.681. The van der Waals surface area contributed by atoms with Gasteiger partial charge in [-0.25, -0.2) is 0 Å². The van der Waals surface area contributed by atoms with Crippen molar-refractivity contribution in [3.8, 4) is 5.75 Å². The topological polar surface area (TPSA) is 48.4 Å². The fraction of sp³-hybridized carbons (Fsp3) is 0.545. The molecule has 0 aliphatic rings. The van der Waals surface area contributed by atoms with Crippen molar-refractivity contribution in [2.24, 2.45) is 0 Å². The number of hydrogen-bond donors (Lipinski definition) is 2. The molecule has 1 heterocycles. The standard InChI is InChI=1S/C11H19N3O/c1-14(2)7-3-6-12-8-10-4-5-11(15)9-13-10/h4-5,9,12,15H,3,6-8H2,1-2H3. The number of nitrogens with zero attached hydrogens (tertiary/aromatic N) is 2. The molecule has 4 heteroatoms. The van der Waals surface area contributed by atoms with Gasteiger partial charge in [0.2, 0.25) is 0 Å². The van der Waals surface area contributed by atoms with E-state index in [0.29, 0.717) is 0 Å². The van der Waals surface area contributed by atoms with Crippen LogP contribution < -0.4 is 5.32 Å². The summed E-state index contributed by atoms with van der Waals surface area (Å²) >= 11 is 0. The Kier molecular flexibility index (Phi) is 5.07. The largest absolute Gasteiger partial charge is 0.506 e. The maximum Gasteiger partial charge on any atom is 0.133 e. The van der Waals surface area contributed by atoms with Crippen LogP contribution in [0.1, 0.15) is 12.1 Å². The molecule has 0 radical (unpaired) electrons. The summed E-state index contributed by atoms with van der Waals surface area (Å²) in [4.78, 5) is 6.26. The van der Waals surface area contributed by atoms with Gasteiger partial charge < -0.3 is 15.3 Å². The fourth-order valence-electron chi connectivity index (χ4n) is 1.26. The van der Waals surface area contributed by atoms with E-state index in [1.54, 1.807) is 6.07 Å². The minimum atomic E-state index is 0.214. The van der Waals surface area contributed by atoms with Crippen LogP contribution in [0.2, 0.25) is 0 Å². The molecule has 84 valence electrons. The van der Waals surface area contributed by atoms with Crippen molar-refractivity contribution in [3.63, 3.8) is 0 Å². The van der Waals surface area contributed by atoms with E-state index in [1.807, 2.05) is 6.07 Å². The second kappa shape index (κ2) is 6.37. The van der Waals surface area contributed by atoms with Crippen molar-refractivity contribution in [2.75, 3.05) is 27.2 Å². The van der Waals surface area contributed by atoms with Gasteiger partial charge in [0.25, 0.3) is 0 Å². The van der Waals surface area contributed by atoms with Crippen molar-refractivity contribution in [3.05, 3.63) is 24.0 Å². The van der Waals surface area contributed by atoms with Crippen molar-refractivity contribution >= 4 is 0 Å². The number of nitrogens with one attached hydrogen (secondary N) is 1. The summed E-state index contributed by atoms with van der Waals surface area (Å²) in [5, 5.41) is 12.3. The molecule has 0 atom stereocenters. The van der Waals surface area contributed by atoms with Crippen LogP contribution in [-0.2, 0) is 6.54 Å². The van der Waals surface area contributed by atoms with Crippen LogP contribution in [-0.4, -0.2) is 42.2 Å². The Morgan fingerprint density at radius 3 is 2.80 bits per heavy atom. The maximum atomic E-state index is 9.04. The van der Waals surface area contributed by atoms with Crippen LogP contribution in [0.25, 0.3) is 0 Å². The normalized spacial score (nSPS) is 10.9. The Balaban J connectivity index is 2.12. The lowest BCUT2D eigenvalue weighted by Crippen LogP contribution is -2.21. The van der Waals surface area contributed by atoms with Crippen LogP contribution in [0.4, 0.5) is 0 Å². The van der Waals surface area contributed by atoms with Crippen LogP contribution in [0.15, 0.2) is 18.3 Å². The summed E-state index contributed by atoms with van der Waals surface area (Å²) < 4.78 is 0. The highest BCUT2D eigenvalue weighted by atomic mass is 16.3. The summed E-state index contributed by atoms with van der Waals surface area (Å²) in [6, 6.07) is 3.48. The molecule has 0 bridgehead atoms. The van der Waals surface area contributed by atoms with Crippen LogP contribution in [0.5, 0.6) is 5.75 Å². The molecular weight excluding hydrogens is 190 g/mol. The van der Waals surface area contributed by atoms with E-state index in [0.717, 1.165) is 31.7 Å². The first kappa shape index (κ1) is 11.9. The molecular formula is C11H19N3O. The van der Waals surface area contributed by atoms with Gasteiger partial charge in [-0.05, 0) is 45.7 Å². The summed E-state index contributed by atoms with van der Waals surface area (Å²) in [6.45, 7) is 2.84. The molecule has 0 aliphatic heterocycles. The van der Waals surface area contributed by atoms with Gasteiger partial charge in [-0.3, -0.25) is 4.98 Å². The predicted molar refractivity (Wildman–Crippen MR) is 60.8 cm³/mol. The lowest BCUT2D eigenvalue weighted by Gasteiger charge is -2.09. The highest BCUT2D eigenvalue weighted by Gasteiger charge is 1.95. The second-order valence-electron chi connectivity index (χ2n) is 3.84. The molecule has 0 saturated carbocycles. The summed E-state index contributed by atoms with van der Waals surface area (Å²) in [6.07, 6.45) is 2.60. The Labute approximate surface area is 90.9 Å². The van der Waals surface area contributed by atoms with Crippen molar-refractivity contribution in [1.29, 1.82) is 0 Å². The van der Waals surface area contributed by atoms with Gasteiger partial charge in [-0.15, -0.1) is 0 Å². The van der Waals surface area contributed by atoms with E-state index in [9.17, 15) is 0 Å². The first-order valence-electron chi connectivity index (χ1n) is 5.18. The van der Waals surface area contributed by atoms with E-state index in [1.165, 1.54) is 6.20 Å². The molecule has 0 fully saturated rings. The zero-order chi connectivity index (χ0) is 11.1. The van der Waals surface area contributed by atoms with E-state index in [4.69, 9.17) is 5.11 Å². The van der Waals surface area contributed by atoms with Crippen LogP contribution >= 0.6 is 0 Å². The minimum Gasteiger partial charge on any atom is -0.506 e. The third kappa shape index (κ3) is 5.34. The Morgan fingerprint density at radius 1 is 1.40 bits per heavy atom. The molecule has 15 heavy (non-hydrogen) atoms. The van der Waals surface area contributed by atoms with Gasteiger partial charge in [0, 0.05) is 6.54 Å². The molecule has 0 aromatic carbocycles. The van der Waals surface area contributed by atoms with E-state index in [-0.39, 0.29) is 5.75 Å². The fourth-order valence-corrected chi connectivity index (χ4v) is 1.26. The molecule has 1 rings (SSSR count). The monoisotopic (exact) mass is 209 g/mol. The third-order valence-corrected chi connectivity index (χ3v) is 2.07. The molecule has 0 amide bonds. The number of rotatable bonds is 6. The van der Waals surface area contributed by atoms with Gasteiger partial charge >= 0.3 is 0 Å². The Hall–Kier alpha value is -1.13. The Morgan fingerprint density at radius 2 is 2.20 bits per heavy atom. The molecule has 4 nitrogen and oxygen atoms in total. The van der Waals surface area contributed by atoms with Gasteiger partial charge in [-0.1, -0.05) is 0 Å². The highest BCUT2D eigenvalue weighted by Crippen LogP contribution is 2.05. The van der Waals surface area contributed by atoms with E-state index >= 15 is 0 Å². The SMILES string of the molecule is CN(C)CCCNCc1ccc(O)cn1. The zero-order valence-electron chi connectivity index (χ0n) is 9.40. The Bertz CT molecular complexity index is 272. The maximum absolute atomic E-state index is 9.04. The van der Waals surface area contributed by atoms with Gasteiger partial charge in [0.1, 0.15) is 5.75 Å². The molecule has 2 N–H and O–H groups in total. The summed E-state index contributed by atoms with van der Waals surface area (Å²) in [5.74, 6) is 0.214. The number of hydrogen-bond acceptors (Lipinski definition) is 4. The first-order chi connectivity index (χ1) is 7.18. The van der Waals surface area contributed by atoms with Gasteiger partial charge in [0.15, 0.2) is 0 Å². The molecule has 0 saturated heterocycles. The van der Waals surface area contributed by atoms with E-state index < -0.39 is 0 Å². The predicted octanol–water partition coefficient (Wildman–Crippen LogP) is 0.828. The molecule has 0 spiro atoms. The van der Waals surface area contributed by atoms with Crippen LogP contribution in [0.3, 0.4) is 0 Å². The summed E-state index contributed by atoms with van der Waals surface area (Å²) in [5.41, 5.74) is 0.956. The van der Waals surface area contributed by atoms with Crippen molar-refractivity contribution in [2.45, 2.75) is 13.0 Å². The molecule has 1 aromatic rings. The average Bonchev–Trinajstić information content (AvgIpc) is 2.20. The smallest absolute Gasteiger partial charge is 0.133 e. The van der Waals surface area contributed by atoms with Crippen molar-refractivity contribution in [1.82, 2.24) is 15.2 Å². The lowest BCUT2D eigenvalue weighted by molar-refractivity contribution is 0.394. The number of aromatic nitrogens is 1. The third-order valence-electron chi connectivity index (χ3n) is 2.07. The van der Waals surface area contributed by atoms with Crippen molar-refractivity contribution < 1.29 is 5.11 Å². The van der Waals surface area contributed by atoms with Gasteiger partial charge in [0.05, 0.1) is 11.9 Å². The summed E-state index contributed by atoms with van der Waals surface area (Å²) in [7, 11) is 4.14. The highest BCUT2D eigenvalue weighted by molar-refractivity contribution is 5.17. The minimum absolute atomic E-state index is 0.214. The molecule has 1 aromatic heterocycles. The van der Waals surface area contributed by atoms with Crippen LogP contribution in [0, 0.1) is 0 Å². The first-order valence-corrected chi connectivity index (χ1v) is 5.18. The second-order valence-corrected chi connectivity index (χ2v) is 3.84.